The quantitative estimate of drug-likeness (QED) is 0.930. The summed E-state index contributed by atoms with van der Waals surface area (Å²) < 4.78 is 22.8. The van der Waals surface area contributed by atoms with Crippen molar-refractivity contribution in [2.75, 3.05) is 11.6 Å². The third kappa shape index (κ3) is 4.08. The molecule has 2 aromatic carbocycles. The van der Waals surface area contributed by atoms with Crippen LogP contribution in [0.2, 0.25) is 5.02 Å². The van der Waals surface area contributed by atoms with E-state index in [0.29, 0.717) is 10.7 Å². The summed E-state index contributed by atoms with van der Waals surface area (Å²) >= 11 is 5.97. The molecule has 4 nitrogen and oxygen atoms in total. The first-order chi connectivity index (χ1) is 10.3. The molecule has 0 fully saturated rings. The van der Waals surface area contributed by atoms with E-state index in [1.165, 1.54) is 6.92 Å². The van der Waals surface area contributed by atoms with Crippen LogP contribution in [0.1, 0.15) is 6.92 Å². The topological polar surface area (TPSA) is 63.2 Å². The Morgan fingerprint density at radius 3 is 2.27 bits per heavy atom. The van der Waals surface area contributed by atoms with Crippen molar-refractivity contribution >= 4 is 33.0 Å². The van der Waals surface area contributed by atoms with Crippen molar-refractivity contribution in [1.29, 1.82) is 0 Å². The first-order valence-electron chi connectivity index (χ1n) is 6.63. The van der Waals surface area contributed by atoms with Gasteiger partial charge in [0, 0.05) is 17.0 Å². The number of nitrogens with one attached hydrogen (secondary N) is 1. The fourth-order valence-corrected chi connectivity index (χ4v) is 2.52. The number of halogens is 1. The molecule has 0 aliphatic rings. The molecule has 0 aliphatic carbocycles. The zero-order valence-electron chi connectivity index (χ0n) is 12.2. The highest BCUT2D eigenvalue weighted by Gasteiger charge is 2.23. The first kappa shape index (κ1) is 16.5. The summed E-state index contributed by atoms with van der Waals surface area (Å²) in [5.41, 5.74) is 2.34. The Labute approximate surface area is 135 Å². The molecule has 6 heteroatoms. The zero-order valence-corrected chi connectivity index (χ0v) is 13.8. The van der Waals surface area contributed by atoms with Gasteiger partial charge in [0.2, 0.25) is 5.91 Å². The first-order valence-corrected chi connectivity index (χ1v) is 8.96. The predicted molar refractivity (Wildman–Crippen MR) is 89.8 cm³/mol. The number of anilines is 1. The lowest BCUT2D eigenvalue weighted by Gasteiger charge is -2.11. The molecule has 1 amide bonds. The zero-order chi connectivity index (χ0) is 16.3. The highest BCUT2D eigenvalue weighted by molar-refractivity contribution is 7.92. The van der Waals surface area contributed by atoms with E-state index in [-0.39, 0.29) is 0 Å². The molecule has 0 heterocycles. The van der Waals surface area contributed by atoms with E-state index < -0.39 is 21.0 Å². The van der Waals surface area contributed by atoms with Crippen molar-refractivity contribution < 1.29 is 13.2 Å². The minimum Gasteiger partial charge on any atom is -0.325 e. The average Bonchev–Trinajstić information content (AvgIpc) is 2.45. The maximum Gasteiger partial charge on any atom is 0.242 e. The lowest BCUT2D eigenvalue weighted by Crippen LogP contribution is -2.31. The maximum atomic E-state index is 11.9. The minimum atomic E-state index is -3.42. The average molecular weight is 338 g/mol. The predicted octanol–water partition coefficient (Wildman–Crippen LogP) is 3.38. The standard InChI is InChI=1S/C16H16ClNO3S/c1-11(22(2,20)21)16(19)18-15-8-4-6-13(10-15)12-5-3-7-14(17)9-12/h3-11H,1-2H3,(H,18,19). The van der Waals surface area contributed by atoms with Crippen LogP contribution in [0.25, 0.3) is 11.1 Å². The molecule has 1 N–H and O–H groups in total. The van der Waals surface area contributed by atoms with Crippen LogP contribution >= 0.6 is 11.6 Å². The summed E-state index contributed by atoms with van der Waals surface area (Å²) in [6.07, 6.45) is 1.04. The Kier molecular flexibility index (Phi) is 4.88. The number of hydrogen-bond donors (Lipinski definition) is 1. The molecule has 116 valence electrons. The van der Waals surface area contributed by atoms with E-state index in [0.717, 1.165) is 17.4 Å². The number of amides is 1. The Morgan fingerprint density at radius 2 is 1.68 bits per heavy atom. The molecular formula is C16H16ClNO3S. The monoisotopic (exact) mass is 337 g/mol. The van der Waals surface area contributed by atoms with Gasteiger partial charge in [0.15, 0.2) is 9.84 Å². The van der Waals surface area contributed by atoms with Gasteiger partial charge in [-0.3, -0.25) is 4.79 Å². The molecule has 1 unspecified atom stereocenters. The van der Waals surface area contributed by atoms with Crippen molar-refractivity contribution in [3.05, 3.63) is 53.6 Å². The molecule has 0 aromatic heterocycles. The third-order valence-corrected chi connectivity index (χ3v) is 5.03. The fourth-order valence-electron chi connectivity index (χ4n) is 1.88. The number of carbonyl (C=O) groups is 1. The van der Waals surface area contributed by atoms with Crippen molar-refractivity contribution in [1.82, 2.24) is 0 Å². The van der Waals surface area contributed by atoms with Crippen LogP contribution in [0.3, 0.4) is 0 Å². The lowest BCUT2D eigenvalue weighted by molar-refractivity contribution is -0.115. The van der Waals surface area contributed by atoms with E-state index in [1.807, 2.05) is 24.3 Å². The van der Waals surface area contributed by atoms with Crippen LogP contribution in [-0.2, 0) is 14.6 Å². The van der Waals surface area contributed by atoms with Crippen molar-refractivity contribution in [2.24, 2.45) is 0 Å². The highest BCUT2D eigenvalue weighted by atomic mass is 35.5. The van der Waals surface area contributed by atoms with Crippen LogP contribution < -0.4 is 5.32 Å². The Hall–Kier alpha value is -1.85. The van der Waals surface area contributed by atoms with Crippen LogP contribution in [-0.4, -0.2) is 25.8 Å². The summed E-state index contributed by atoms with van der Waals surface area (Å²) in [4.78, 5) is 11.9. The second-order valence-corrected chi connectivity index (χ2v) is 7.85. The van der Waals surface area contributed by atoms with Crippen LogP contribution in [0.5, 0.6) is 0 Å². The van der Waals surface area contributed by atoms with E-state index in [4.69, 9.17) is 11.6 Å². The smallest absolute Gasteiger partial charge is 0.242 e. The number of sulfone groups is 1. The Bertz CT molecular complexity index is 803. The second-order valence-electron chi connectivity index (χ2n) is 5.05. The maximum absolute atomic E-state index is 11.9. The fraction of sp³-hybridized carbons (Fsp3) is 0.188. The molecule has 0 spiro atoms. The molecule has 2 aromatic rings. The largest absolute Gasteiger partial charge is 0.325 e. The number of carbonyl (C=O) groups excluding carboxylic acids is 1. The van der Waals surface area contributed by atoms with E-state index >= 15 is 0 Å². The van der Waals surface area contributed by atoms with Gasteiger partial charge in [0.1, 0.15) is 5.25 Å². The molecule has 0 radical (unpaired) electrons. The van der Waals surface area contributed by atoms with Crippen molar-refractivity contribution in [2.45, 2.75) is 12.2 Å². The van der Waals surface area contributed by atoms with Gasteiger partial charge in [-0.05, 0) is 42.3 Å². The molecule has 0 aliphatic heterocycles. The van der Waals surface area contributed by atoms with Gasteiger partial charge in [-0.15, -0.1) is 0 Å². The van der Waals surface area contributed by atoms with Crippen LogP contribution in [0.4, 0.5) is 5.69 Å². The molecule has 0 bridgehead atoms. The summed E-state index contributed by atoms with van der Waals surface area (Å²) in [5, 5.41) is 2.15. The molecular weight excluding hydrogens is 322 g/mol. The second kappa shape index (κ2) is 6.50. The third-order valence-electron chi connectivity index (χ3n) is 3.30. The van der Waals surface area contributed by atoms with Gasteiger partial charge in [0.05, 0.1) is 0 Å². The van der Waals surface area contributed by atoms with Crippen LogP contribution in [0.15, 0.2) is 48.5 Å². The highest BCUT2D eigenvalue weighted by Crippen LogP contribution is 2.25. The van der Waals surface area contributed by atoms with Gasteiger partial charge >= 0.3 is 0 Å². The van der Waals surface area contributed by atoms with Crippen molar-refractivity contribution in [3.8, 4) is 11.1 Å². The van der Waals surface area contributed by atoms with Gasteiger partial charge < -0.3 is 5.32 Å². The normalized spacial score (nSPS) is 12.7. The number of benzene rings is 2. The van der Waals surface area contributed by atoms with E-state index in [2.05, 4.69) is 5.32 Å². The molecule has 0 saturated heterocycles. The molecule has 1 atom stereocenters. The summed E-state index contributed by atoms with van der Waals surface area (Å²) in [6.45, 7) is 1.37. The van der Waals surface area contributed by atoms with E-state index in [1.54, 1.807) is 24.3 Å². The van der Waals surface area contributed by atoms with E-state index in [9.17, 15) is 13.2 Å². The molecule has 0 saturated carbocycles. The van der Waals surface area contributed by atoms with Gasteiger partial charge in [-0.1, -0.05) is 35.9 Å². The Balaban J connectivity index is 2.24. The van der Waals surface area contributed by atoms with Gasteiger partial charge in [-0.25, -0.2) is 8.42 Å². The van der Waals surface area contributed by atoms with Gasteiger partial charge in [0.25, 0.3) is 0 Å². The Morgan fingerprint density at radius 1 is 1.09 bits per heavy atom. The number of hydrogen-bond acceptors (Lipinski definition) is 3. The summed E-state index contributed by atoms with van der Waals surface area (Å²) in [5.74, 6) is -0.550. The van der Waals surface area contributed by atoms with Gasteiger partial charge in [-0.2, -0.15) is 0 Å². The number of rotatable bonds is 4. The SMILES string of the molecule is CC(C(=O)Nc1cccc(-c2cccc(Cl)c2)c1)S(C)(=O)=O. The lowest BCUT2D eigenvalue weighted by atomic mass is 10.1. The summed E-state index contributed by atoms with van der Waals surface area (Å²) in [7, 11) is -3.42. The van der Waals surface area contributed by atoms with Crippen molar-refractivity contribution in [3.63, 3.8) is 0 Å². The molecule has 22 heavy (non-hydrogen) atoms. The van der Waals surface area contributed by atoms with Crippen LogP contribution in [0, 0.1) is 0 Å². The summed E-state index contributed by atoms with van der Waals surface area (Å²) in [6, 6.07) is 14.5. The minimum absolute atomic E-state index is 0.540. The molecule has 2 rings (SSSR count).